The monoisotopic (exact) mass is 204 g/mol. The van der Waals surface area contributed by atoms with Gasteiger partial charge in [-0.1, -0.05) is 0 Å². The highest BCUT2D eigenvalue weighted by atomic mass is 16.6. The predicted molar refractivity (Wildman–Crippen MR) is 57.4 cm³/mol. The molecule has 0 amide bonds. The second-order valence-electron chi connectivity index (χ2n) is 4.46. The highest BCUT2D eigenvalue weighted by Crippen LogP contribution is 2.21. The topological polar surface area (TPSA) is 38.7 Å². The Labute approximate surface area is 87.4 Å². The summed E-state index contributed by atoms with van der Waals surface area (Å²) in [5.41, 5.74) is -0.613. The summed E-state index contributed by atoms with van der Waals surface area (Å²) in [6.07, 6.45) is 0.117. The van der Waals surface area contributed by atoms with Crippen LogP contribution in [-0.2, 0) is 9.47 Å². The van der Waals surface area contributed by atoms with Crippen molar-refractivity contribution in [2.45, 2.75) is 65.5 Å². The third-order valence-corrected chi connectivity index (χ3v) is 2.16. The molecule has 0 radical (unpaired) electrons. The Bertz CT molecular complexity index is 157. The van der Waals surface area contributed by atoms with Gasteiger partial charge < -0.3 is 14.6 Å². The first-order chi connectivity index (χ1) is 6.31. The number of hydrogen-bond acceptors (Lipinski definition) is 3. The highest BCUT2D eigenvalue weighted by molar-refractivity contribution is 4.82. The van der Waals surface area contributed by atoms with Gasteiger partial charge in [0.1, 0.15) is 5.60 Å². The molecule has 0 aromatic rings. The van der Waals surface area contributed by atoms with Crippen molar-refractivity contribution in [1.82, 2.24) is 0 Å². The molecule has 2 atom stereocenters. The molecular formula is C11H24O3. The molecule has 0 bridgehead atoms. The molecule has 0 rings (SSSR count). The molecule has 0 aliphatic carbocycles. The second-order valence-corrected chi connectivity index (χ2v) is 4.46. The zero-order valence-corrected chi connectivity index (χ0v) is 10.2. The van der Waals surface area contributed by atoms with Crippen LogP contribution in [0.5, 0.6) is 0 Å². The minimum absolute atomic E-state index is 0.0287. The summed E-state index contributed by atoms with van der Waals surface area (Å²) >= 11 is 0. The minimum Gasteiger partial charge on any atom is -0.393 e. The van der Waals surface area contributed by atoms with Gasteiger partial charge in [-0.2, -0.15) is 0 Å². The maximum atomic E-state index is 9.31. The van der Waals surface area contributed by atoms with Crippen molar-refractivity contribution in [2.24, 2.45) is 0 Å². The van der Waals surface area contributed by atoms with Crippen molar-refractivity contribution in [2.75, 3.05) is 6.61 Å². The molecule has 0 aliphatic rings. The predicted octanol–water partition coefficient (Wildman–Crippen LogP) is 1.98. The molecule has 86 valence electrons. The van der Waals surface area contributed by atoms with E-state index in [0.29, 0.717) is 0 Å². The van der Waals surface area contributed by atoms with E-state index in [1.54, 1.807) is 0 Å². The van der Waals surface area contributed by atoms with Crippen molar-refractivity contribution in [3.05, 3.63) is 0 Å². The number of aliphatic hydroxyl groups excluding tert-OH is 1. The summed E-state index contributed by atoms with van der Waals surface area (Å²) in [5.74, 6) is 0. The van der Waals surface area contributed by atoms with E-state index in [1.807, 2.05) is 41.5 Å². The first-order valence-electron chi connectivity index (χ1n) is 5.26. The van der Waals surface area contributed by atoms with Gasteiger partial charge in [0, 0.05) is 0 Å². The van der Waals surface area contributed by atoms with Crippen LogP contribution in [-0.4, -0.2) is 35.6 Å². The average molecular weight is 204 g/mol. The van der Waals surface area contributed by atoms with Crippen molar-refractivity contribution >= 4 is 0 Å². The van der Waals surface area contributed by atoms with Gasteiger partial charge in [-0.25, -0.2) is 0 Å². The second kappa shape index (κ2) is 5.69. The van der Waals surface area contributed by atoms with Crippen LogP contribution in [0.15, 0.2) is 0 Å². The standard InChI is InChI=1S/C11H24O3/c1-8(2)13-10(5)11(6,7-12)14-9(3)4/h8-10,12H,7H2,1-6H3/t10-,11+/m1/s1. The maximum Gasteiger partial charge on any atom is 0.114 e. The third-order valence-electron chi connectivity index (χ3n) is 2.16. The minimum atomic E-state index is -0.613. The van der Waals surface area contributed by atoms with Gasteiger partial charge in [0.15, 0.2) is 0 Å². The van der Waals surface area contributed by atoms with Crippen LogP contribution < -0.4 is 0 Å². The molecule has 0 aromatic heterocycles. The summed E-state index contributed by atoms with van der Waals surface area (Å²) in [6, 6.07) is 0. The lowest BCUT2D eigenvalue weighted by atomic mass is 10.0. The van der Waals surface area contributed by atoms with Crippen LogP contribution >= 0.6 is 0 Å². The molecule has 3 heteroatoms. The molecule has 0 aromatic carbocycles. The first-order valence-corrected chi connectivity index (χ1v) is 5.26. The number of aliphatic hydroxyl groups is 1. The zero-order valence-electron chi connectivity index (χ0n) is 10.2. The molecule has 0 spiro atoms. The van der Waals surface area contributed by atoms with Crippen LogP contribution in [0.25, 0.3) is 0 Å². The van der Waals surface area contributed by atoms with Gasteiger partial charge in [0.05, 0.1) is 24.9 Å². The molecule has 3 nitrogen and oxygen atoms in total. The van der Waals surface area contributed by atoms with E-state index in [4.69, 9.17) is 9.47 Å². The molecule has 0 fully saturated rings. The van der Waals surface area contributed by atoms with Crippen molar-refractivity contribution in [1.29, 1.82) is 0 Å². The smallest absolute Gasteiger partial charge is 0.114 e. The normalized spacial score (nSPS) is 18.6. The summed E-state index contributed by atoms with van der Waals surface area (Å²) < 4.78 is 11.3. The summed E-state index contributed by atoms with van der Waals surface area (Å²) in [4.78, 5) is 0. The van der Waals surface area contributed by atoms with E-state index in [0.717, 1.165) is 0 Å². The Kier molecular flexibility index (Phi) is 5.64. The fourth-order valence-corrected chi connectivity index (χ4v) is 1.35. The van der Waals surface area contributed by atoms with Gasteiger partial charge in [-0.15, -0.1) is 0 Å². The summed E-state index contributed by atoms with van der Waals surface area (Å²) in [6.45, 7) is 11.6. The van der Waals surface area contributed by atoms with E-state index in [2.05, 4.69) is 0 Å². The average Bonchev–Trinajstić information content (AvgIpc) is 2.01. The zero-order chi connectivity index (χ0) is 11.4. The lowest BCUT2D eigenvalue weighted by Gasteiger charge is -2.36. The van der Waals surface area contributed by atoms with Gasteiger partial charge >= 0.3 is 0 Å². The number of ether oxygens (including phenoxy) is 2. The van der Waals surface area contributed by atoms with Crippen molar-refractivity contribution < 1.29 is 14.6 Å². The molecule has 0 heterocycles. The Morgan fingerprint density at radius 3 is 1.86 bits per heavy atom. The van der Waals surface area contributed by atoms with E-state index in [9.17, 15) is 5.11 Å². The lowest BCUT2D eigenvalue weighted by Crippen LogP contribution is -2.47. The van der Waals surface area contributed by atoms with E-state index in [-0.39, 0.29) is 24.9 Å². The van der Waals surface area contributed by atoms with Gasteiger partial charge in [0.2, 0.25) is 0 Å². The summed E-state index contributed by atoms with van der Waals surface area (Å²) in [5, 5.41) is 9.31. The van der Waals surface area contributed by atoms with Crippen molar-refractivity contribution in [3.8, 4) is 0 Å². The van der Waals surface area contributed by atoms with Crippen LogP contribution in [0.3, 0.4) is 0 Å². The molecule has 14 heavy (non-hydrogen) atoms. The molecule has 0 saturated heterocycles. The Morgan fingerprint density at radius 1 is 1.07 bits per heavy atom. The SMILES string of the molecule is CC(C)O[C@H](C)[C@](C)(CO)OC(C)C. The number of rotatable bonds is 6. The van der Waals surface area contributed by atoms with Crippen LogP contribution in [0.2, 0.25) is 0 Å². The lowest BCUT2D eigenvalue weighted by molar-refractivity contribution is -0.178. The van der Waals surface area contributed by atoms with Crippen molar-refractivity contribution in [3.63, 3.8) is 0 Å². The maximum absolute atomic E-state index is 9.31. The first kappa shape index (κ1) is 13.9. The third kappa shape index (κ3) is 4.40. The number of hydrogen-bond donors (Lipinski definition) is 1. The largest absolute Gasteiger partial charge is 0.393 e. The van der Waals surface area contributed by atoms with Gasteiger partial charge in [-0.3, -0.25) is 0 Å². The summed E-state index contributed by atoms with van der Waals surface area (Å²) in [7, 11) is 0. The fraction of sp³-hybridized carbons (Fsp3) is 1.00. The molecule has 0 unspecified atom stereocenters. The molecular weight excluding hydrogens is 180 g/mol. The van der Waals surface area contributed by atoms with Crippen LogP contribution in [0.1, 0.15) is 41.5 Å². The fourth-order valence-electron chi connectivity index (χ4n) is 1.35. The molecule has 0 aliphatic heterocycles. The Morgan fingerprint density at radius 2 is 1.57 bits per heavy atom. The quantitative estimate of drug-likeness (QED) is 0.719. The molecule has 1 N–H and O–H groups in total. The van der Waals surface area contributed by atoms with E-state index in [1.165, 1.54) is 0 Å². The van der Waals surface area contributed by atoms with E-state index < -0.39 is 5.60 Å². The van der Waals surface area contributed by atoms with Gasteiger partial charge in [-0.05, 0) is 41.5 Å². The Balaban J connectivity index is 4.34. The Hall–Kier alpha value is -0.120. The highest BCUT2D eigenvalue weighted by Gasteiger charge is 2.33. The van der Waals surface area contributed by atoms with E-state index >= 15 is 0 Å². The van der Waals surface area contributed by atoms with Gasteiger partial charge in [0.25, 0.3) is 0 Å². The van der Waals surface area contributed by atoms with Crippen LogP contribution in [0, 0.1) is 0 Å². The van der Waals surface area contributed by atoms with Crippen LogP contribution in [0.4, 0.5) is 0 Å². The molecule has 0 saturated carbocycles.